The van der Waals surface area contributed by atoms with Gasteiger partial charge in [0.2, 0.25) is 0 Å². The summed E-state index contributed by atoms with van der Waals surface area (Å²) in [6.45, 7) is 8.96. The molecule has 5 heterocycles. The van der Waals surface area contributed by atoms with E-state index in [1.807, 2.05) is 56.7 Å². The minimum Gasteiger partial charge on any atom is -0.141 e. The lowest BCUT2D eigenvalue weighted by molar-refractivity contribution is 0.670. The molecule has 0 aliphatic rings. The Morgan fingerprint density at radius 2 is 1.21 bits per heavy atom. The molecule has 5 aromatic heterocycles. The first-order valence-electron chi connectivity index (χ1n) is 12.0. The van der Waals surface area contributed by atoms with E-state index in [4.69, 9.17) is 0 Å². The Kier molecular flexibility index (Phi) is 7.57. The lowest BCUT2D eigenvalue weighted by atomic mass is 10.1. The fourth-order valence-electron chi connectivity index (χ4n) is 4.25. The molecule has 5 aromatic rings. The van der Waals surface area contributed by atoms with E-state index >= 15 is 0 Å². The number of thiophene rings is 5. The van der Waals surface area contributed by atoms with Gasteiger partial charge in [-0.3, -0.25) is 0 Å². The molecule has 5 heteroatoms. The Labute approximate surface area is 223 Å². The molecule has 5 rings (SSSR count). The number of aryl methyl sites for hydroxylation is 4. The molecule has 0 unspecified atom stereocenters. The Bertz CT molecular complexity index is 1330. The number of unbranched alkanes of at least 4 members (excludes halogenated alkanes) is 3. The summed E-state index contributed by atoms with van der Waals surface area (Å²) in [6.07, 6.45) is 6.54. The first kappa shape index (κ1) is 24.2. The van der Waals surface area contributed by atoms with Crippen molar-refractivity contribution in [1.82, 2.24) is 0 Å². The van der Waals surface area contributed by atoms with Gasteiger partial charge in [-0.15, -0.1) is 56.7 Å². The van der Waals surface area contributed by atoms with Crippen LogP contribution in [0, 0.1) is 20.8 Å². The van der Waals surface area contributed by atoms with E-state index in [0.29, 0.717) is 0 Å². The SMILES string of the molecule is CCCCCCc1ccc(-c2cc(-c3cc(-c4ccc(C)s4)c(-c4ccc(C)s4)s3)sc2C)s1. The monoisotopic (exact) mass is 538 g/mol. The molecule has 0 atom stereocenters. The van der Waals surface area contributed by atoms with Crippen molar-refractivity contribution in [3.05, 3.63) is 68.0 Å². The van der Waals surface area contributed by atoms with E-state index in [0.717, 1.165) is 0 Å². The Morgan fingerprint density at radius 3 is 1.91 bits per heavy atom. The van der Waals surface area contributed by atoms with E-state index in [-0.39, 0.29) is 0 Å². The molecule has 34 heavy (non-hydrogen) atoms. The van der Waals surface area contributed by atoms with Gasteiger partial charge in [-0.2, -0.15) is 0 Å². The van der Waals surface area contributed by atoms with Crippen molar-refractivity contribution in [2.75, 3.05) is 0 Å². The van der Waals surface area contributed by atoms with Crippen LogP contribution in [-0.4, -0.2) is 0 Å². The normalized spacial score (nSPS) is 11.5. The van der Waals surface area contributed by atoms with E-state index in [1.54, 1.807) is 0 Å². The van der Waals surface area contributed by atoms with Crippen molar-refractivity contribution in [1.29, 1.82) is 0 Å². The van der Waals surface area contributed by atoms with Crippen LogP contribution in [-0.2, 0) is 6.42 Å². The van der Waals surface area contributed by atoms with Gasteiger partial charge < -0.3 is 0 Å². The van der Waals surface area contributed by atoms with Gasteiger partial charge >= 0.3 is 0 Å². The van der Waals surface area contributed by atoms with Gasteiger partial charge in [0, 0.05) is 55.0 Å². The molecule has 0 N–H and O–H groups in total. The third-order valence-electron chi connectivity index (χ3n) is 6.07. The predicted molar refractivity (Wildman–Crippen MR) is 160 cm³/mol. The van der Waals surface area contributed by atoms with Crippen molar-refractivity contribution in [3.63, 3.8) is 0 Å². The van der Waals surface area contributed by atoms with Crippen LogP contribution in [0.25, 0.3) is 40.4 Å². The zero-order chi connectivity index (χ0) is 23.7. The molecule has 176 valence electrons. The molecule has 0 aliphatic heterocycles. The summed E-state index contributed by atoms with van der Waals surface area (Å²) < 4.78 is 0. The average molecular weight is 539 g/mol. The second-order valence-electron chi connectivity index (χ2n) is 8.83. The van der Waals surface area contributed by atoms with Gasteiger partial charge in [-0.25, -0.2) is 0 Å². The maximum atomic E-state index is 2.44. The molecule has 0 amide bonds. The number of hydrogen-bond donors (Lipinski definition) is 0. The molecule has 0 aliphatic carbocycles. The highest BCUT2D eigenvalue weighted by atomic mass is 32.1. The summed E-state index contributed by atoms with van der Waals surface area (Å²) in [4.78, 5) is 14.1. The highest BCUT2D eigenvalue weighted by Crippen LogP contribution is 2.49. The molecule has 0 aromatic carbocycles. The zero-order valence-corrected chi connectivity index (χ0v) is 24.3. The van der Waals surface area contributed by atoms with Crippen molar-refractivity contribution in [2.45, 2.75) is 59.8 Å². The fourth-order valence-corrected chi connectivity index (χ4v) is 9.66. The van der Waals surface area contributed by atoms with E-state index in [1.165, 1.54) is 92.0 Å². The molecular formula is C29H30S5. The second kappa shape index (κ2) is 10.6. The van der Waals surface area contributed by atoms with E-state index < -0.39 is 0 Å². The van der Waals surface area contributed by atoms with Gasteiger partial charge in [-0.05, 0) is 82.1 Å². The van der Waals surface area contributed by atoms with Crippen molar-refractivity contribution < 1.29 is 0 Å². The van der Waals surface area contributed by atoms with Crippen LogP contribution < -0.4 is 0 Å². The largest absolute Gasteiger partial charge is 0.141 e. The van der Waals surface area contributed by atoms with Crippen LogP contribution in [0.1, 0.15) is 52.1 Å². The van der Waals surface area contributed by atoms with Crippen LogP contribution in [0.15, 0.2) is 48.5 Å². The zero-order valence-electron chi connectivity index (χ0n) is 20.2. The molecule has 0 saturated heterocycles. The average Bonchev–Trinajstić information content (AvgIpc) is 3.61. The summed E-state index contributed by atoms with van der Waals surface area (Å²) in [5.41, 5.74) is 2.80. The van der Waals surface area contributed by atoms with Gasteiger partial charge in [0.1, 0.15) is 0 Å². The van der Waals surface area contributed by atoms with Gasteiger partial charge in [-0.1, -0.05) is 26.2 Å². The summed E-state index contributed by atoms with van der Waals surface area (Å²) in [5, 5.41) is 0. The van der Waals surface area contributed by atoms with Crippen LogP contribution in [0.4, 0.5) is 0 Å². The predicted octanol–water partition coefficient (Wildman–Crippen LogP) is 11.7. The number of rotatable bonds is 9. The highest BCUT2D eigenvalue weighted by Gasteiger charge is 2.19. The third kappa shape index (κ3) is 5.19. The van der Waals surface area contributed by atoms with Crippen LogP contribution in [0.5, 0.6) is 0 Å². The smallest absolute Gasteiger partial charge is 0.0536 e. The summed E-state index contributed by atoms with van der Waals surface area (Å²) in [5.74, 6) is 0. The first-order valence-corrected chi connectivity index (χ1v) is 16.1. The van der Waals surface area contributed by atoms with Gasteiger partial charge in [0.15, 0.2) is 0 Å². The minimum absolute atomic E-state index is 1.22. The second-order valence-corrected chi connectivity index (χ2v) is 14.9. The summed E-state index contributed by atoms with van der Waals surface area (Å²) in [6, 6.07) is 18.6. The standard InChI is InChI=1S/C29H30S5/c1-5-6-7-8-9-21-12-15-24(33-21)22-16-27(32-20(22)4)28-17-23(25-13-10-18(2)30-25)29(34-28)26-14-11-19(3)31-26/h10-17H,5-9H2,1-4H3. The minimum atomic E-state index is 1.22. The Balaban J connectivity index is 1.47. The van der Waals surface area contributed by atoms with E-state index in [9.17, 15) is 0 Å². The highest BCUT2D eigenvalue weighted by molar-refractivity contribution is 7.27. The van der Waals surface area contributed by atoms with Crippen molar-refractivity contribution in [3.8, 4) is 40.4 Å². The fraction of sp³-hybridized carbons (Fsp3) is 0.310. The van der Waals surface area contributed by atoms with Crippen molar-refractivity contribution >= 4 is 56.7 Å². The molecule has 0 bridgehead atoms. The van der Waals surface area contributed by atoms with Gasteiger partial charge in [0.05, 0.1) is 4.88 Å². The summed E-state index contributed by atoms with van der Waals surface area (Å²) in [7, 11) is 0. The lowest BCUT2D eigenvalue weighted by Gasteiger charge is -1.98. The Morgan fingerprint density at radius 1 is 0.559 bits per heavy atom. The first-order chi connectivity index (χ1) is 16.5. The van der Waals surface area contributed by atoms with Gasteiger partial charge in [0.25, 0.3) is 0 Å². The third-order valence-corrected chi connectivity index (χ3v) is 11.8. The molecule has 0 nitrogen and oxygen atoms in total. The maximum Gasteiger partial charge on any atom is 0.0536 e. The molecule has 0 fully saturated rings. The topological polar surface area (TPSA) is 0 Å². The van der Waals surface area contributed by atoms with Crippen LogP contribution >= 0.6 is 56.7 Å². The quantitative estimate of drug-likeness (QED) is 0.164. The van der Waals surface area contributed by atoms with E-state index in [2.05, 4.69) is 76.2 Å². The molecule has 0 radical (unpaired) electrons. The van der Waals surface area contributed by atoms with Crippen LogP contribution in [0.2, 0.25) is 0 Å². The lowest BCUT2D eigenvalue weighted by Crippen LogP contribution is -1.80. The maximum absolute atomic E-state index is 2.44. The summed E-state index contributed by atoms with van der Waals surface area (Å²) >= 11 is 9.68. The Hall–Kier alpha value is -1.50. The molecular weight excluding hydrogens is 509 g/mol. The van der Waals surface area contributed by atoms with Crippen molar-refractivity contribution in [2.24, 2.45) is 0 Å². The molecule has 0 saturated carbocycles. The van der Waals surface area contributed by atoms with Crippen LogP contribution in [0.3, 0.4) is 0 Å². The number of hydrogen-bond acceptors (Lipinski definition) is 5. The molecule has 0 spiro atoms.